The van der Waals surface area contributed by atoms with Crippen LogP contribution < -0.4 is 0 Å². The molecule has 1 heterocycles. The molecule has 0 bridgehead atoms. The lowest BCUT2D eigenvalue weighted by Gasteiger charge is -1.82. The molecule has 0 N–H and O–H groups in total. The molecule has 0 radical (unpaired) electrons. The fraction of sp³-hybridized carbons (Fsp3) is 0. The zero-order valence-electron chi connectivity index (χ0n) is 4.71. The predicted octanol–water partition coefficient (Wildman–Crippen LogP) is 2.49. The summed E-state index contributed by atoms with van der Waals surface area (Å²) in [6.45, 7) is 0. The van der Waals surface area contributed by atoms with Gasteiger partial charge in [0.15, 0.2) is 0 Å². The fourth-order valence-electron chi connectivity index (χ4n) is 0.370. The van der Waals surface area contributed by atoms with Crippen LogP contribution in [0, 0.1) is 0 Å². The Kier molecular flexibility index (Phi) is 2.81. The lowest BCUT2D eigenvalue weighted by atomic mass is 11.0. The smallest absolute Gasteiger partial charge is 0.215 e. The van der Waals surface area contributed by atoms with E-state index in [1.165, 1.54) is 0 Å². The largest absolute Gasteiger partial charge is 0.288 e. The van der Waals surface area contributed by atoms with E-state index < -0.39 is 9.05 Å². The quantitative estimate of drug-likeness (QED) is 0.748. The normalized spacial score (nSPS) is 11.9. The van der Waals surface area contributed by atoms with Gasteiger partial charge in [-0.1, -0.05) is 22.9 Å². The summed E-state index contributed by atoms with van der Waals surface area (Å²) in [6.07, 6.45) is 0. The van der Waals surface area contributed by atoms with Gasteiger partial charge in [-0.2, -0.15) is 0 Å². The van der Waals surface area contributed by atoms with Crippen molar-refractivity contribution in [3.8, 4) is 0 Å². The lowest BCUT2D eigenvalue weighted by Crippen LogP contribution is -1.87. The van der Waals surface area contributed by atoms with Gasteiger partial charge in [0.25, 0.3) is 9.05 Å². The van der Waals surface area contributed by atoms with E-state index in [1.54, 1.807) is 0 Å². The zero-order valence-corrected chi connectivity index (χ0v) is 9.44. The molecule has 0 unspecified atom stereocenters. The first-order valence-corrected chi connectivity index (χ1v) is 6.47. The van der Waals surface area contributed by atoms with Crippen LogP contribution in [0.5, 0.6) is 0 Å². The number of nitrogens with zero attached hydrogens (tertiary/aromatic N) is 1. The Hall–Kier alpha value is 0.640. The van der Waals surface area contributed by atoms with Crippen LogP contribution >= 0.6 is 49.6 Å². The average Bonchev–Trinajstić information content (AvgIpc) is 2.11. The third-order valence-corrected chi connectivity index (χ3v) is 4.98. The first kappa shape index (κ1) is 9.73. The minimum Gasteiger partial charge on any atom is -0.215 e. The molecule has 0 saturated carbocycles. The van der Waals surface area contributed by atoms with Gasteiger partial charge < -0.3 is 0 Å². The fourth-order valence-corrected chi connectivity index (χ4v) is 3.08. The maximum Gasteiger partial charge on any atom is 0.288 e. The molecule has 1 aromatic heterocycles. The van der Waals surface area contributed by atoms with Gasteiger partial charge in [-0.3, -0.25) is 0 Å². The number of thiazole rings is 1. The van der Waals surface area contributed by atoms with E-state index in [0.717, 1.165) is 11.3 Å². The highest BCUT2D eigenvalue weighted by molar-refractivity contribution is 9.10. The molecule has 0 aromatic carbocycles. The minimum absolute atomic E-state index is 0.198. The highest BCUT2D eigenvalue weighted by Gasteiger charge is 2.17. The second kappa shape index (κ2) is 3.18. The molecule has 0 aliphatic rings. The van der Waals surface area contributed by atoms with E-state index in [-0.39, 0.29) is 8.68 Å². The second-order valence-electron chi connectivity index (χ2n) is 1.48. The molecule has 0 aliphatic carbocycles. The SMILES string of the molecule is O=S(=O)(Cl)c1nc(Br)c(Cl)s1. The molecule has 0 amide bonds. The van der Waals surface area contributed by atoms with Crippen LogP contribution in [0.4, 0.5) is 0 Å². The van der Waals surface area contributed by atoms with Crippen LogP contribution in [-0.2, 0) is 9.05 Å². The molecular weight excluding hydrogens is 297 g/mol. The van der Waals surface area contributed by atoms with Crippen LogP contribution in [0.25, 0.3) is 0 Å². The van der Waals surface area contributed by atoms with Gasteiger partial charge in [0.2, 0.25) is 4.34 Å². The number of rotatable bonds is 1. The van der Waals surface area contributed by atoms with Crippen molar-refractivity contribution < 1.29 is 8.42 Å². The minimum atomic E-state index is -3.74. The summed E-state index contributed by atoms with van der Waals surface area (Å²) >= 11 is 9.28. The van der Waals surface area contributed by atoms with E-state index in [9.17, 15) is 8.42 Å². The van der Waals surface area contributed by atoms with Crippen LogP contribution in [0.2, 0.25) is 4.34 Å². The molecule has 0 fully saturated rings. The van der Waals surface area contributed by atoms with E-state index in [2.05, 4.69) is 20.9 Å². The molecule has 0 aliphatic heterocycles. The predicted molar refractivity (Wildman–Crippen MR) is 47.9 cm³/mol. The van der Waals surface area contributed by atoms with Gasteiger partial charge in [0, 0.05) is 10.7 Å². The van der Waals surface area contributed by atoms with Gasteiger partial charge in [-0.15, -0.1) is 0 Å². The summed E-state index contributed by atoms with van der Waals surface area (Å²) in [5.41, 5.74) is 0. The lowest BCUT2D eigenvalue weighted by molar-refractivity contribution is 0.608. The van der Waals surface area contributed by atoms with Crippen LogP contribution in [0.15, 0.2) is 8.94 Å². The molecule has 11 heavy (non-hydrogen) atoms. The van der Waals surface area contributed by atoms with Crippen LogP contribution in [0.3, 0.4) is 0 Å². The maximum atomic E-state index is 10.6. The molecule has 0 atom stereocenters. The van der Waals surface area contributed by atoms with Crippen molar-refractivity contribution in [1.82, 2.24) is 4.98 Å². The Bertz CT molecular complexity index is 353. The second-order valence-corrected chi connectivity index (χ2v) is 6.57. The molecule has 1 rings (SSSR count). The van der Waals surface area contributed by atoms with Gasteiger partial charge in [0.1, 0.15) is 8.94 Å². The standard InChI is InChI=1S/C3BrCl2NO2S2/c4-1-2(5)10-3(7-1)11(6,8)9. The molecule has 1 aromatic rings. The average molecular weight is 297 g/mol. The Morgan fingerprint density at radius 3 is 2.27 bits per heavy atom. The molecule has 62 valence electrons. The summed E-state index contributed by atoms with van der Waals surface area (Å²) < 4.78 is 21.6. The highest BCUT2D eigenvalue weighted by atomic mass is 79.9. The monoisotopic (exact) mass is 295 g/mol. The Morgan fingerprint density at radius 2 is 2.09 bits per heavy atom. The van der Waals surface area contributed by atoms with Crippen molar-refractivity contribution in [3.63, 3.8) is 0 Å². The van der Waals surface area contributed by atoms with Gasteiger partial charge in [-0.05, 0) is 15.9 Å². The van der Waals surface area contributed by atoms with Gasteiger partial charge >= 0.3 is 0 Å². The van der Waals surface area contributed by atoms with Crippen molar-refractivity contribution in [2.24, 2.45) is 0 Å². The van der Waals surface area contributed by atoms with E-state index >= 15 is 0 Å². The first-order chi connectivity index (χ1) is 4.91. The van der Waals surface area contributed by atoms with E-state index in [4.69, 9.17) is 22.3 Å². The van der Waals surface area contributed by atoms with Crippen LogP contribution in [0.1, 0.15) is 0 Å². The summed E-state index contributed by atoms with van der Waals surface area (Å²) in [7, 11) is 1.25. The molecule has 3 nitrogen and oxygen atoms in total. The van der Waals surface area contributed by atoms with Gasteiger partial charge in [-0.25, -0.2) is 13.4 Å². The summed E-state index contributed by atoms with van der Waals surface area (Å²) in [5, 5.41) is 0. The molecule has 0 spiro atoms. The number of hydrogen-bond donors (Lipinski definition) is 0. The summed E-state index contributed by atoms with van der Waals surface area (Å²) in [6, 6.07) is 0. The maximum absolute atomic E-state index is 10.6. The van der Waals surface area contributed by atoms with Gasteiger partial charge in [0.05, 0.1) is 0 Å². The van der Waals surface area contributed by atoms with Crippen molar-refractivity contribution in [1.29, 1.82) is 0 Å². The molecule has 0 saturated heterocycles. The zero-order chi connectivity index (χ0) is 8.65. The topological polar surface area (TPSA) is 47.0 Å². The molecular formula is C3BrCl2NO2S2. The highest BCUT2D eigenvalue weighted by Crippen LogP contribution is 2.32. The Balaban J connectivity index is 3.29. The Morgan fingerprint density at radius 1 is 1.55 bits per heavy atom. The Labute approximate surface area is 84.9 Å². The third-order valence-electron chi connectivity index (χ3n) is 0.737. The first-order valence-electron chi connectivity index (χ1n) is 2.18. The number of hydrogen-bond acceptors (Lipinski definition) is 4. The summed E-state index contributed by atoms with van der Waals surface area (Å²) in [4.78, 5) is 3.56. The van der Waals surface area contributed by atoms with E-state index in [0.29, 0.717) is 4.60 Å². The van der Waals surface area contributed by atoms with Crippen molar-refractivity contribution >= 4 is 58.6 Å². The molecule has 8 heteroatoms. The van der Waals surface area contributed by atoms with E-state index in [1.807, 2.05) is 0 Å². The summed E-state index contributed by atoms with van der Waals surface area (Å²) in [5.74, 6) is 0. The van der Waals surface area contributed by atoms with Crippen LogP contribution in [-0.4, -0.2) is 13.4 Å². The van der Waals surface area contributed by atoms with Crippen molar-refractivity contribution in [2.75, 3.05) is 0 Å². The third kappa shape index (κ3) is 2.29. The van der Waals surface area contributed by atoms with Crippen molar-refractivity contribution in [3.05, 3.63) is 8.94 Å². The number of halogens is 3. The van der Waals surface area contributed by atoms with Crippen molar-refractivity contribution in [2.45, 2.75) is 4.34 Å². The number of aromatic nitrogens is 1.